The second-order valence-electron chi connectivity index (χ2n) is 5.90. The maximum Gasteiger partial charge on any atom is 0.375 e. The molecule has 142 valence electrons. The molecule has 2 aromatic heterocycles. The molecule has 0 spiro atoms. The van der Waals surface area contributed by atoms with Crippen LogP contribution in [0.4, 0.5) is 5.82 Å². The number of carbonyl (C=O) groups excluding carboxylic acids is 2. The quantitative estimate of drug-likeness (QED) is 0.633. The number of hydrogen-bond donors (Lipinski definition) is 1. The molecule has 1 aromatic carbocycles. The summed E-state index contributed by atoms with van der Waals surface area (Å²) in [5.41, 5.74) is 1.14. The van der Waals surface area contributed by atoms with Gasteiger partial charge in [-0.2, -0.15) is 0 Å². The van der Waals surface area contributed by atoms with Crippen LogP contribution in [0, 0.1) is 6.92 Å². The average molecular weight is 372 g/mol. The molecule has 2 heterocycles. The third-order valence-electron chi connectivity index (χ3n) is 3.87. The highest BCUT2D eigenvalue weighted by Crippen LogP contribution is 2.27. The zero-order valence-corrected chi connectivity index (χ0v) is 15.3. The van der Waals surface area contributed by atoms with Crippen molar-refractivity contribution in [2.24, 2.45) is 0 Å². The molecule has 3 rings (SSSR count). The smallest absolute Gasteiger partial charge is 0.375 e. The minimum absolute atomic E-state index is 0.0292. The topological polar surface area (TPSA) is 104 Å². The Morgan fingerprint density at radius 2 is 2.07 bits per heavy atom. The summed E-state index contributed by atoms with van der Waals surface area (Å²) in [5.74, 6) is -0.431. The standard InChI is InChI=1S/C19H20N2O6/c1-4-24-10-14-13-7-5-6-8-15(13)26-17(14)19(23)25-12(3)18(22)20-16-9-11(2)27-21-16/h5-9,12H,4,10H2,1-3H3,(H,20,21,22)/t12-/m1/s1. The first-order valence-electron chi connectivity index (χ1n) is 8.53. The molecule has 27 heavy (non-hydrogen) atoms. The van der Waals surface area contributed by atoms with E-state index < -0.39 is 18.0 Å². The monoisotopic (exact) mass is 372 g/mol. The van der Waals surface area contributed by atoms with Gasteiger partial charge < -0.3 is 23.7 Å². The van der Waals surface area contributed by atoms with Crippen LogP contribution in [0.25, 0.3) is 11.0 Å². The predicted molar refractivity (Wildman–Crippen MR) is 96.3 cm³/mol. The van der Waals surface area contributed by atoms with E-state index in [1.54, 1.807) is 25.1 Å². The van der Waals surface area contributed by atoms with Crippen molar-refractivity contribution in [1.29, 1.82) is 0 Å². The molecular weight excluding hydrogens is 352 g/mol. The third-order valence-corrected chi connectivity index (χ3v) is 3.87. The highest BCUT2D eigenvalue weighted by molar-refractivity contribution is 5.99. The fraction of sp³-hybridized carbons (Fsp3) is 0.316. The van der Waals surface area contributed by atoms with Gasteiger partial charge in [0.2, 0.25) is 5.76 Å². The molecule has 3 aromatic rings. The number of amides is 1. The van der Waals surface area contributed by atoms with Gasteiger partial charge in [0.1, 0.15) is 11.3 Å². The van der Waals surface area contributed by atoms with Gasteiger partial charge >= 0.3 is 5.97 Å². The van der Waals surface area contributed by atoms with Crippen LogP contribution in [-0.4, -0.2) is 29.7 Å². The Morgan fingerprint density at radius 1 is 1.30 bits per heavy atom. The van der Waals surface area contributed by atoms with Crippen LogP contribution in [0.1, 0.15) is 35.7 Å². The number of furan rings is 1. The first-order chi connectivity index (χ1) is 13.0. The molecule has 0 aliphatic heterocycles. The number of nitrogens with one attached hydrogen (secondary N) is 1. The van der Waals surface area contributed by atoms with Crippen molar-refractivity contribution in [2.75, 3.05) is 11.9 Å². The van der Waals surface area contributed by atoms with Crippen LogP contribution in [0.3, 0.4) is 0 Å². The van der Waals surface area contributed by atoms with Crippen LogP contribution in [0.5, 0.6) is 0 Å². The number of rotatable bonds is 7. The summed E-state index contributed by atoms with van der Waals surface area (Å²) in [4.78, 5) is 24.8. The van der Waals surface area contributed by atoms with Crippen LogP contribution in [-0.2, 0) is 20.9 Å². The summed E-state index contributed by atoms with van der Waals surface area (Å²) < 4.78 is 21.2. The number of carbonyl (C=O) groups is 2. The lowest BCUT2D eigenvalue weighted by Gasteiger charge is -2.12. The van der Waals surface area contributed by atoms with Crippen molar-refractivity contribution in [3.05, 3.63) is 47.4 Å². The molecule has 0 unspecified atom stereocenters. The van der Waals surface area contributed by atoms with E-state index in [-0.39, 0.29) is 18.2 Å². The summed E-state index contributed by atoms with van der Waals surface area (Å²) in [6.45, 7) is 5.72. The zero-order chi connectivity index (χ0) is 19.4. The van der Waals surface area contributed by atoms with E-state index in [1.165, 1.54) is 6.92 Å². The fourth-order valence-corrected chi connectivity index (χ4v) is 2.53. The lowest BCUT2D eigenvalue weighted by Crippen LogP contribution is -2.30. The van der Waals surface area contributed by atoms with Gasteiger partial charge in [0.25, 0.3) is 5.91 Å². The highest BCUT2D eigenvalue weighted by Gasteiger charge is 2.26. The lowest BCUT2D eigenvalue weighted by molar-refractivity contribution is -0.123. The van der Waals surface area contributed by atoms with E-state index in [1.807, 2.05) is 19.1 Å². The fourth-order valence-electron chi connectivity index (χ4n) is 2.53. The minimum Gasteiger partial charge on any atom is -0.449 e. The molecule has 1 atom stereocenters. The SMILES string of the molecule is CCOCc1c(C(=O)O[C@H](C)C(=O)Nc2cc(C)on2)oc2ccccc12. The number of aromatic nitrogens is 1. The normalized spacial score (nSPS) is 12.1. The van der Waals surface area contributed by atoms with Crippen LogP contribution in [0.15, 0.2) is 39.3 Å². The molecule has 0 bridgehead atoms. The van der Waals surface area contributed by atoms with E-state index in [2.05, 4.69) is 10.5 Å². The van der Waals surface area contributed by atoms with E-state index in [4.69, 9.17) is 18.4 Å². The van der Waals surface area contributed by atoms with E-state index in [0.29, 0.717) is 23.5 Å². The molecule has 0 saturated heterocycles. The van der Waals surface area contributed by atoms with Gasteiger partial charge in [0, 0.05) is 23.6 Å². The number of esters is 1. The first-order valence-corrected chi connectivity index (χ1v) is 8.53. The Morgan fingerprint density at radius 3 is 2.78 bits per heavy atom. The summed E-state index contributed by atoms with van der Waals surface area (Å²) in [5, 5.41) is 6.96. The summed E-state index contributed by atoms with van der Waals surface area (Å²) in [6, 6.07) is 8.81. The molecule has 1 amide bonds. The molecular formula is C19H20N2O6. The Balaban J connectivity index is 1.75. The zero-order valence-electron chi connectivity index (χ0n) is 15.3. The summed E-state index contributed by atoms with van der Waals surface area (Å²) in [6.07, 6.45) is -1.05. The number of fused-ring (bicyclic) bond motifs is 1. The van der Waals surface area contributed by atoms with Gasteiger partial charge in [0.05, 0.1) is 6.61 Å². The van der Waals surface area contributed by atoms with Crippen molar-refractivity contribution in [3.63, 3.8) is 0 Å². The van der Waals surface area contributed by atoms with Gasteiger partial charge in [-0.25, -0.2) is 4.79 Å². The molecule has 0 fully saturated rings. The molecule has 8 heteroatoms. The summed E-state index contributed by atoms with van der Waals surface area (Å²) >= 11 is 0. The maximum atomic E-state index is 12.6. The van der Waals surface area contributed by atoms with E-state index in [0.717, 1.165) is 5.39 Å². The lowest BCUT2D eigenvalue weighted by atomic mass is 10.1. The second-order valence-corrected chi connectivity index (χ2v) is 5.90. The number of hydrogen-bond acceptors (Lipinski definition) is 7. The number of ether oxygens (including phenoxy) is 2. The molecule has 0 saturated carbocycles. The van der Waals surface area contributed by atoms with Crippen molar-refractivity contribution in [2.45, 2.75) is 33.5 Å². The predicted octanol–water partition coefficient (Wildman–Crippen LogP) is 3.45. The highest BCUT2D eigenvalue weighted by atomic mass is 16.6. The number of aryl methyl sites for hydroxylation is 1. The molecule has 8 nitrogen and oxygen atoms in total. The summed E-state index contributed by atoms with van der Waals surface area (Å²) in [7, 11) is 0. The van der Waals surface area contributed by atoms with Crippen LogP contribution in [0.2, 0.25) is 0 Å². The largest absolute Gasteiger partial charge is 0.449 e. The van der Waals surface area contributed by atoms with E-state index in [9.17, 15) is 9.59 Å². The maximum absolute atomic E-state index is 12.6. The van der Waals surface area contributed by atoms with E-state index >= 15 is 0 Å². The molecule has 1 N–H and O–H groups in total. The Hall–Kier alpha value is -3.13. The van der Waals surface area contributed by atoms with Crippen LogP contribution < -0.4 is 5.32 Å². The van der Waals surface area contributed by atoms with Gasteiger partial charge in [0.15, 0.2) is 11.9 Å². The molecule has 0 radical (unpaired) electrons. The van der Waals surface area contributed by atoms with Gasteiger partial charge in [-0.05, 0) is 26.8 Å². The average Bonchev–Trinajstić information content (AvgIpc) is 3.23. The van der Waals surface area contributed by atoms with Gasteiger partial charge in [-0.1, -0.05) is 23.4 Å². The Kier molecular flexibility index (Phi) is 5.56. The van der Waals surface area contributed by atoms with Crippen molar-refractivity contribution < 1.29 is 28.0 Å². The second kappa shape index (κ2) is 8.05. The number of nitrogens with zero attached hydrogens (tertiary/aromatic N) is 1. The first kappa shape index (κ1) is 18.7. The van der Waals surface area contributed by atoms with Crippen molar-refractivity contribution in [1.82, 2.24) is 5.16 Å². The Labute approximate surface area is 155 Å². The van der Waals surface area contributed by atoms with Crippen LogP contribution >= 0.6 is 0 Å². The minimum atomic E-state index is -1.05. The molecule has 0 aliphatic rings. The van der Waals surface area contributed by atoms with Gasteiger partial charge in [-0.15, -0.1) is 0 Å². The Bertz CT molecular complexity index is 958. The van der Waals surface area contributed by atoms with Crippen molar-refractivity contribution >= 4 is 28.7 Å². The third kappa shape index (κ3) is 4.17. The number of para-hydroxylation sites is 1. The van der Waals surface area contributed by atoms with Crippen molar-refractivity contribution in [3.8, 4) is 0 Å². The molecule has 0 aliphatic carbocycles. The van der Waals surface area contributed by atoms with Gasteiger partial charge in [-0.3, -0.25) is 4.79 Å². The number of anilines is 1. The number of benzene rings is 1.